The average Bonchev–Trinajstić information content (AvgIpc) is 2.31. The molecule has 5 heteroatoms. The van der Waals surface area contributed by atoms with Crippen molar-refractivity contribution in [1.82, 2.24) is 4.90 Å². The van der Waals surface area contributed by atoms with E-state index < -0.39 is 0 Å². The Hall–Kier alpha value is -1.07. The predicted molar refractivity (Wildman–Crippen MR) is 79.2 cm³/mol. The number of amides is 1. The van der Waals surface area contributed by atoms with E-state index in [2.05, 4.69) is 15.9 Å². The van der Waals surface area contributed by atoms with Crippen molar-refractivity contribution in [3.8, 4) is 0 Å². The molecule has 2 atom stereocenters. The number of hydrogen-bond acceptors (Lipinski definition) is 3. The fraction of sp³-hybridized carbons (Fsp3) is 0.500. The van der Waals surface area contributed by atoms with E-state index in [0.29, 0.717) is 24.3 Å². The first-order valence-electron chi connectivity index (χ1n) is 6.39. The van der Waals surface area contributed by atoms with Crippen LogP contribution in [-0.2, 0) is 4.74 Å². The minimum absolute atomic E-state index is 0.0208. The smallest absolute Gasteiger partial charge is 0.254 e. The second kappa shape index (κ2) is 5.51. The number of ether oxygens (including phenoxy) is 1. The standard InChI is InChI=1S/C14H19BrN2O2/c1-8-6-17(7-9(2)19-8)14(18)12-4-11(15)5-13(16)10(12)3/h4-5,8-9H,6-7,16H2,1-3H3/t8-,9+. The summed E-state index contributed by atoms with van der Waals surface area (Å²) in [6.07, 6.45) is 0.134. The van der Waals surface area contributed by atoms with Crippen molar-refractivity contribution in [2.75, 3.05) is 18.8 Å². The number of nitrogens with two attached hydrogens (primary N) is 1. The van der Waals surface area contributed by atoms with Gasteiger partial charge < -0.3 is 15.4 Å². The first-order chi connectivity index (χ1) is 8.88. The minimum Gasteiger partial charge on any atom is -0.398 e. The molecule has 0 bridgehead atoms. The van der Waals surface area contributed by atoms with Crippen molar-refractivity contribution >= 4 is 27.5 Å². The highest BCUT2D eigenvalue weighted by atomic mass is 79.9. The molecule has 104 valence electrons. The van der Waals surface area contributed by atoms with E-state index in [1.165, 1.54) is 0 Å². The molecular formula is C14H19BrN2O2. The van der Waals surface area contributed by atoms with E-state index in [0.717, 1.165) is 10.0 Å². The zero-order chi connectivity index (χ0) is 14.2. The molecule has 1 aromatic rings. The summed E-state index contributed by atoms with van der Waals surface area (Å²) in [6, 6.07) is 3.65. The number of halogens is 1. The number of nitrogens with zero attached hydrogens (tertiary/aromatic N) is 1. The van der Waals surface area contributed by atoms with Crippen molar-refractivity contribution in [3.05, 3.63) is 27.7 Å². The second-order valence-corrected chi connectivity index (χ2v) is 6.05. The summed E-state index contributed by atoms with van der Waals surface area (Å²) in [5, 5.41) is 0. The molecule has 1 amide bonds. The number of hydrogen-bond donors (Lipinski definition) is 1. The lowest BCUT2D eigenvalue weighted by Gasteiger charge is -2.35. The molecule has 0 spiro atoms. The quantitative estimate of drug-likeness (QED) is 0.807. The van der Waals surface area contributed by atoms with E-state index in [9.17, 15) is 4.79 Å². The van der Waals surface area contributed by atoms with Crippen LogP contribution in [0.1, 0.15) is 29.8 Å². The van der Waals surface area contributed by atoms with Crippen molar-refractivity contribution < 1.29 is 9.53 Å². The molecule has 1 fully saturated rings. The molecule has 0 saturated carbocycles. The Morgan fingerprint density at radius 1 is 1.37 bits per heavy atom. The topological polar surface area (TPSA) is 55.6 Å². The molecule has 2 rings (SSSR count). The lowest BCUT2D eigenvalue weighted by molar-refractivity contribution is -0.0586. The number of benzene rings is 1. The Bertz CT molecular complexity index is 494. The summed E-state index contributed by atoms with van der Waals surface area (Å²) in [5.41, 5.74) is 8.04. The van der Waals surface area contributed by atoms with Gasteiger partial charge in [0, 0.05) is 28.8 Å². The van der Waals surface area contributed by atoms with Gasteiger partial charge in [-0.2, -0.15) is 0 Å². The number of anilines is 1. The Morgan fingerprint density at radius 2 is 1.95 bits per heavy atom. The van der Waals surface area contributed by atoms with Gasteiger partial charge in [-0.1, -0.05) is 15.9 Å². The lowest BCUT2D eigenvalue weighted by atomic mass is 10.0. The van der Waals surface area contributed by atoms with Gasteiger partial charge in [-0.25, -0.2) is 0 Å². The molecule has 2 N–H and O–H groups in total. The van der Waals surface area contributed by atoms with E-state index in [4.69, 9.17) is 10.5 Å². The normalized spacial score (nSPS) is 23.5. The van der Waals surface area contributed by atoms with Crippen LogP contribution in [0, 0.1) is 6.92 Å². The Morgan fingerprint density at radius 3 is 2.53 bits per heavy atom. The predicted octanol–water partition coefficient (Wildman–Crippen LogP) is 2.59. The molecule has 0 radical (unpaired) electrons. The monoisotopic (exact) mass is 326 g/mol. The van der Waals surface area contributed by atoms with Gasteiger partial charge in [-0.15, -0.1) is 0 Å². The third-order valence-electron chi connectivity index (χ3n) is 3.35. The molecule has 4 nitrogen and oxygen atoms in total. The maximum atomic E-state index is 12.6. The summed E-state index contributed by atoms with van der Waals surface area (Å²) < 4.78 is 6.48. The molecular weight excluding hydrogens is 308 g/mol. The Balaban J connectivity index is 2.29. The van der Waals surface area contributed by atoms with Gasteiger partial charge in [-0.05, 0) is 38.5 Å². The van der Waals surface area contributed by atoms with Gasteiger partial charge in [0.05, 0.1) is 12.2 Å². The van der Waals surface area contributed by atoms with Crippen LogP contribution in [-0.4, -0.2) is 36.1 Å². The van der Waals surface area contributed by atoms with Crippen LogP contribution in [0.5, 0.6) is 0 Å². The molecule has 1 aliphatic heterocycles. The number of rotatable bonds is 1. The summed E-state index contributed by atoms with van der Waals surface area (Å²) in [7, 11) is 0. The Kier molecular flexibility index (Phi) is 4.16. The molecule has 1 saturated heterocycles. The third-order valence-corrected chi connectivity index (χ3v) is 3.81. The van der Waals surface area contributed by atoms with Crippen LogP contribution in [0.3, 0.4) is 0 Å². The molecule has 1 aromatic carbocycles. The highest BCUT2D eigenvalue weighted by Crippen LogP contribution is 2.25. The summed E-state index contributed by atoms with van der Waals surface area (Å²) in [6.45, 7) is 7.09. The van der Waals surface area contributed by atoms with E-state index in [1.807, 2.05) is 37.8 Å². The van der Waals surface area contributed by atoms with Crippen LogP contribution >= 0.6 is 15.9 Å². The van der Waals surface area contributed by atoms with E-state index in [1.54, 1.807) is 0 Å². The van der Waals surface area contributed by atoms with Gasteiger partial charge in [0.2, 0.25) is 0 Å². The number of nitrogen functional groups attached to an aromatic ring is 1. The van der Waals surface area contributed by atoms with Gasteiger partial charge >= 0.3 is 0 Å². The molecule has 0 aromatic heterocycles. The molecule has 19 heavy (non-hydrogen) atoms. The number of carbonyl (C=O) groups is 1. The maximum Gasteiger partial charge on any atom is 0.254 e. The zero-order valence-corrected chi connectivity index (χ0v) is 13.0. The SMILES string of the molecule is Cc1c(N)cc(Br)cc1C(=O)N1C[C@@H](C)O[C@@H](C)C1. The molecule has 0 unspecified atom stereocenters. The van der Waals surface area contributed by atoms with Crippen LogP contribution < -0.4 is 5.73 Å². The minimum atomic E-state index is 0.0208. The fourth-order valence-corrected chi connectivity index (χ4v) is 2.91. The lowest BCUT2D eigenvalue weighted by Crippen LogP contribution is -2.48. The van der Waals surface area contributed by atoms with Crippen molar-refractivity contribution in [3.63, 3.8) is 0 Å². The molecule has 1 heterocycles. The largest absolute Gasteiger partial charge is 0.398 e. The number of carbonyl (C=O) groups excluding carboxylic acids is 1. The average molecular weight is 327 g/mol. The first-order valence-corrected chi connectivity index (χ1v) is 7.18. The van der Waals surface area contributed by atoms with Gasteiger partial charge in [0.1, 0.15) is 0 Å². The van der Waals surface area contributed by atoms with Crippen molar-refractivity contribution in [2.45, 2.75) is 33.0 Å². The summed E-state index contributed by atoms with van der Waals surface area (Å²) >= 11 is 3.39. The van der Waals surface area contributed by atoms with Crippen molar-refractivity contribution in [1.29, 1.82) is 0 Å². The second-order valence-electron chi connectivity index (χ2n) is 5.14. The van der Waals surface area contributed by atoms with Gasteiger partial charge in [0.15, 0.2) is 0 Å². The maximum absolute atomic E-state index is 12.6. The highest BCUT2D eigenvalue weighted by molar-refractivity contribution is 9.10. The van der Waals surface area contributed by atoms with Gasteiger partial charge in [-0.3, -0.25) is 4.79 Å². The van der Waals surface area contributed by atoms with Crippen LogP contribution in [0.4, 0.5) is 5.69 Å². The Labute approximate surface area is 122 Å². The van der Waals surface area contributed by atoms with Crippen molar-refractivity contribution in [2.24, 2.45) is 0 Å². The summed E-state index contributed by atoms with van der Waals surface area (Å²) in [4.78, 5) is 14.5. The zero-order valence-electron chi connectivity index (χ0n) is 11.4. The number of morpholine rings is 1. The highest BCUT2D eigenvalue weighted by Gasteiger charge is 2.27. The summed E-state index contributed by atoms with van der Waals surface area (Å²) in [5.74, 6) is 0.0208. The first kappa shape index (κ1) is 14.3. The van der Waals surface area contributed by atoms with E-state index >= 15 is 0 Å². The van der Waals surface area contributed by atoms with E-state index in [-0.39, 0.29) is 18.1 Å². The van der Waals surface area contributed by atoms with Crippen LogP contribution in [0.2, 0.25) is 0 Å². The van der Waals surface area contributed by atoms with Crippen LogP contribution in [0.25, 0.3) is 0 Å². The molecule has 1 aliphatic rings. The third kappa shape index (κ3) is 3.09. The molecule has 0 aliphatic carbocycles. The van der Waals surface area contributed by atoms with Gasteiger partial charge in [0.25, 0.3) is 5.91 Å². The van der Waals surface area contributed by atoms with Crippen LogP contribution in [0.15, 0.2) is 16.6 Å². The fourth-order valence-electron chi connectivity index (χ4n) is 2.44.